The summed E-state index contributed by atoms with van der Waals surface area (Å²) in [5, 5.41) is 3.57. The first kappa shape index (κ1) is 16.5. The standard InChI is InChI=1S/C23H16NOS2/c1-26-23-20(21(25)15-9-3-2-4-10-15)24-19-14-8-7-12-17(19)16-11-5-6-13-18(16)22(24)27-23/h2-14H,1H3/q+1. The first-order valence-corrected chi connectivity index (χ1v) is 10.8. The van der Waals surface area contributed by atoms with Gasteiger partial charge in [0, 0.05) is 17.0 Å². The van der Waals surface area contributed by atoms with Gasteiger partial charge < -0.3 is 0 Å². The van der Waals surface area contributed by atoms with Crippen LogP contribution in [-0.2, 0) is 0 Å². The quantitative estimate of drug-likeness (QED) is 0.170. The van der Waals surface area contributed by atoms with Crippen molar-refractivity contribution in [3.63, 3.8) is 0 Å². The molecule has 0 amide bonds. The number of hydrogen-bond donors (Lipinski definition) is 0. The second-order valence-corrected chi connectivity index (χ2v) is 8.41. The van der Waals surface area contributed by atoms with Crippen molar-refractivity contribution < 1.29 is 9.20 Å². The molecule has 3 aromatic carbocycles. The molecule has 2 heterocycles. The first-order chi connectivity index (χ1) is 13.3. The highest BCUT2D eigenvalue weighted by Gasteiger charge is 2.31. The van der Waals surface area contributed by atoms with E-state index in [4.69, 9.17) is 0 Å². The number of ketones is 1. The van der Waals surface area contributed by atoms with Gasteiger partial charge in [-0.15, -0.1) is 16.2 Å². The van der Waals surface area contributed by atoms with Crippen molar-refractivity contribution in [3.05, 3.63) is 90.1 Å². The maximum absolute atomic E-state index is 13.5. The van der Waals surface area contributed by atoms with E-state index in [1.54, 1.807) is 23.1 Å². The zero-order valence-electron chi connectivity index (χ0n) is 14.7. The highest BCUT2D eigenvalue weighted by Crippen LogP contribution is 2.35. The first-order valence-electron chi connectivity index (χ1n) is 8.71. The van der Waals surface area contributed by atoms with E-state index < -0.39 is 0 Å². The predicted octanol–water partition coefficient (Wildman–Crippen LogP) is 5.75. The molecule has 130 valence electrons. The Morgan fingerprint density at radius 1 is 0.815 bits per heavy atom. The molecule has 0 radical (unpaired) electrons. The lowest BCUT2D eigenvalue weighted by Crippen LogP contribution is -2.29. The van der Waals surface area contributed by atoms with Gasteiger partial charge in [0.25, 0.3) is 16.3 Å². The fraction of sp³-hybridized carbons (Fsp3) is 0.0435. The Hall–Kier alpha value is -2.69. The Balaban J connectivity index is 1.98. The minimum atomic E-state index is 0.0663. The molecule has 0 aliphatic carbocycles. The molecule has 0 N–H and O–H groups in total. The number of fused-ring (bicyclic) bond motifs is 6. The number of aromatic nitrogens is 1. The Morgan fingerprint density at radius 2 is 1.44 bits per heavy atom. The van der Waals surface area contributed by atoms with Crippen LogP contribution < -0.4 is 4.40 Å². The second kappa shape index (κ2) is 6.48. The van der Waals surface area contributed by atoms with Crippen molar-refractivity contribution in [1.29, 1.82) is 0 Å². The van der Waals surface area contributed by atoms with Gasteiger partial charge in [-0.1, -0.05) is 72.0 Å². The highest BCUT2D eigenvalue weighted by molar-refractivity contribution is 8.00. The molecular formula is C23H16NOS2+. The summed E-state index contributed by atoms with van der Waals surface area (Å²) < 4.78 is 3.20. The predicted molar refractivity (Wildman–Crippen MR) is 114 cm³/mol. The van der Waals surface area contributed by atoms with Crippen LogP contribution in [0.3, 0.4) is 0 Å². The molecule has 0 bridgehead atoms. The van der Waals surface area contributed by atoms with Gasteiger partial charge in [0.1, 0.15) is 4.21 Å². The molecule has 2 aromatic heterocycles. The fourth-order valence-corrected chi connectivity index (χ4v) is 5.61. The third kappa shape index (κ3) is 2.48. The molecule has 27 heavy (non-hydrogen) atoms. The SMILES string of the molecule is CSc1sc2c3ccccc3c3ccccc3[n+]2c1C(=O)c1ccccc1. The van der Waals surface area contributed by atoms with Crippen LogP contribution in [-0.4, -0.2) is 12.0 Å². The van der Waals surface area contributed by atoms with E-state index in [-0.39, 0.29) is 5.78 Å². The van der Waals surface area contributed by atoms with Crippen LogP contribution in [0.15, 0.2) is 83.1 Å². The lowest BCUT2D eigenvalue weighted by atomic mass is 10.1. The number of nitrogens with zero attached hydrogens (tertiary/aromatic N) is 1. The Labute approximate surface area is 165 Å². The summed E-state index contributed by atoms with van der Waals surface area (Å²) in [6, 6.07) is 26.3. The maximum atomic E-state index is 13.5. The number of carbonyl (C=O) groups is 1. The van der Waals surface area contributed by atoms with Crippen molar-refractivity contribution in [1.82, 2.24) is 0 Å². The zero-order chi connectivity index (χ0) is 18.4. The van der Waals surface area contributed by atoms with Gasteiger partial charge in [-0.05, 0) is 18.4 Å². The molecule has 5 aromatic rings. The largest absolute Gasteiger partial charge is 0.284 e. The Kier molecular flexibility index (Phi) is 3.96. The van der Waals surface area contributed by atoms with E-state index in [9.17, 15) is 4.79 Å². The summed E-state index contributed by atoms with van der Waals surface area (Å²) in [6.07, 6.45) is 2.04. The van der Waals surface area contributed by atoms with Gasteiger partial charge in [0.2, 0.25) is 5.52 Å². The van der Waals surface area contributed by atoms with Crippen LogP contribution in [0.1, 0.15) is 16.1 Å². The molecule has 0 saturated heterocycles. The zero-order valence-corrected chi connectivity index (χ0v) is 16.3. The van der Waals surface area contributed by atoms with Crippen molar-refractivity contribution in [2.24, 2.45) is 0 Å². The van der Waals surface area contributed by atoms with Gasteiger partial charge in [-0.25, -0.2) is 0 Å². The van der Waals surface area contributed by atoms with E-state index in [0.717, 1.165) is 31.2 Å². The molecule has 2 nitrogen and oxygen atoms in total. The smallest absolute Gasteiger partial charge is 0.282 e. The number of carbonyl (C=O) groups excluding carboxylic acids is 1. The van der Waals surface area contributed by atoms with E-state index in [0.29, 0.717) is 0 Å². The van der Waals surface area contributed by atoms with Gasteiger partial charge in [0.15, 0.2) is 0 Å². The average molecular weight is 387 g/mol. The number of thioether (sulfide) groups is 1. The number of thiazole rings is 1. The lowest BCUT2D eigenvalue weighted by molar-refractivity contribution is -0.480. The second-order valence-electron chi connectivity index (χ2n) is 6.34. The van der Waals surface area contributed by atoms with Crippen molar-refractivity contribution >= 4 is 55.4 Å². The summed E-state index contributed by atoms with van der Waals surface area (Å²) in [7, 11) is 0. The summed E-state index contributed by atoms with van der Waals surface area (Å²) in [5.41, 5.74) is 2.55. The third-order valence-corrected chi connectivity index (χ3v) is 7.13. The maximum Gasteiger partial charge on any atom is 0.284 e. The van der Waals surface area contributed by atoms with Gasteiger partial charge in [-0.2, -0.15) is 0 Å². The van der Waals surface area contributed by atoms with Crippen molar-refractivity contribution in [2.45, 2.75) is 4.21 Å². The molecule has 0 aliphatic rings. The Morgan fingerprint density at radius 3 is 2.19 bits per heavy atom. The van der Waals surface area contributed by atoms with Crippen LogP contribution in [0.4, 0.5) is 0 Å². The number of pyridine rings is 1. The molecule has 0 atom stereocenters. The molecule has 4 heteroatoms. The van der Waals surface area contributed by atoms with Crippen molar-refractivity contribution in [3.8, 4) is 0 Å². The van der Waals surface area contributed by atoms with Crippen LogP contribution >= 0.6 is 23.1 Å². The van der Waals surface area contributed by atoms with Gasteiger partial charge in [-0.3, -0.25) is 4.79 Å². The minimum Gasteiger partial charge on any atom is -0.282 e. The van der Waals surface area contributed by atoms with Crippen LogP contribution in [0, 0.1) is 0 Å². The van der Waals surface area contributed by atoms with Crippen LogP contribution in [0.2, 0.25) is 0 Å². The molecule has 5 rings (SSSR count). The minimum absolute atomic E-state index is 0.0663. The molecule has 0 unspecified atom stereocenters. The molecule has 0 aliphatic heterocycles. The molecule has 0 spiro atoms. The highest BCUT2D eigenvalue weighted by atomic mass is 32.2. The number of para-hydroxylation sites is 1. The van der Waals surface area contributed by atoms with Crippen LogP contribution in [0.5, 0.6) is 0 Å². The topological polar surface area (TPSA) is 21.2 Å². The number of benzene rings is 3. The van der Waals surface area contributed by atoms with Gasteiger partial charge >= 0.3 is 0 Å². The molecular weight excluding hydrogens is 370 g/mol. The van der Waals surface area contributed by atoms with Gasteiger partial charge in [0.05, 0.1) is 10.8 Å². The van der Waals surface area contributed by atoms with E-state index in [2.05, 4.69) is 46.9 Å². The van der Waals surface area contributed by atoms with E-state index in [1.807, 2.05) is 42.7 Å². The third-order valence-electron chi connectivity index (χ3n) is 4.84. The normalized spacial score (nSPS) is 11.4. The fourth-order valence-electron chi connectivity index (χ4n) is 3.64. The molecule has 0 saturated carbocycles. The summed E-state index contributed by atoms with van der Waals surface area (Å²) in [5.74, 6) is 0.0663. The monoisotopic (exact) mass is 386 g/mol. The lowest BCUT2D eigenvalue weighted by Gasteiger charge is -2.03. The number of hydrogen-bond acceptors (Lipinski definition) is 3. The van der Waals surface area contributed by atoms with E-state index in [1.165, 1.54) is 10.8 Å². The van der Waals surface area contributed by atoms with Crippen LogP contribution in [0.25, 0.3) is 26.5 Å². The number of rotatable bonds is 3. The van der Waals surface area contributed by atoms with E-state index >= 15 is 0 Å². The average Bonchev–Trinajstić information content (AvgIpc) is 3.14. The Bertz CT molecular complexity index is 1320. The van der Waals surface area contributed by atoms with Crippen molar-refractivity contribution in [2.75, 3.05) is 6.26 Å². The summed E-state index contributed by atoms with van der Waals surface area (Å²) in [6.45, 7) is 0. The summed E-state index contributed by atoms with van der Waals surface area (Å²) >= 11 is 3.33. The molecule has 0 fully saturated rings. The summed E-state index contributed by atoms with van der Waals surface area (Å²) in [4.78, 5) is 14.6.